The second kappa shape index (κ2) is 8.26. The van der Waals surface area contributed by atoms with E-state index in [9.17, 15) is 8.42 Å². The maximum absolute atomic E-state index is 12.1. The van der Waals surface area contributed by atoms with Gasteiger partial charge in [-0.1, -0.05) is 13.8 Å². The lowest BCUT2D eigenvalue weighted by Crippen LogP contribution is -2.48. The van der Waals surface area contributed by atoms with E-state index in [1.165, 1.54) is 0 Å². The molecule has 2 N–H and O–H groups in total. The highest BCUT2D eigenvalue weighted by Gasteiger charge is 2.30. The third-order valence-electron chi connectivity index (χ3n) is 2.73. The van der Waals surface area contributed by atoms with Gasteiger partial charge in [0.05, 0.1) is 0 Å². The summed E-state index contributed by atoms with van der Waals surface area (Å²) in [5.74, 6) is 0. The average Bonchev–Trinajstić information content (AvgIpc) is 2.76. The van der Waals surface area contributed by atoms with Gasteiger partial charge in [0, 0.05) is 25.7 Å². The van der Waals surface area contributed by atoms with Gasteiger partial charge >= 0.3 is 0 Å². The van der Waals surface area contributed by atoms with E-state index in [4.69, 9.17) is 0 Å². The molecule has 1 aliphatic rings. The first-order chi connectivity index (χ1) is 7.61. The van der Waals surface area contributed by atoms with Crippen molar-refractivity contribution < 1.29 is 8.42 Å². The lowest BCUT2D eigenvalue weighted by molar-refractivity contribution is 0.330. The van der Waals surface area contributed by atoms with Crippen LogP contribution >= 0.6 is 12.4 Å². The molecule has 0 aliphatic carbocycles. The summed E-state index contributed by atoms with van der Waals surface area (Å²) < 4.78 is 28.4. The predicted octanol–water partition coefficient (Wildman–Crippen LogP) is 0.726. The van der Waals surface area contributed by atoms with Crippen molar-refractivity contribution in [2.24, 2.45) is 0 Å². The smallest absolute Gasteiger partial charge is 0.279 e. The van der Waals surface area contributed by atoms with Crippen LogP contribution in [0.5, 0.6) is 0 Å². The minimum Gasteiger partial charge on any atom is -0.315 e. The molecule has 1 heterocycles. The topological polar surface area (TPSA) is 61.4 Å². The molecule has 0 aromatic carbocycles. The molecule has 0 radical (unpaired) electrons. The monoisotopic (exact) mass is 285 g/mol. The van der Waals surface area contributed by atoms with E-state index in [0.29, 0.717) is 13.1 Å². The fourth-order valence-electron chi connectivity index (χ4n) is 1.92. The molecule has 0 amide bonds. The van der Waals surface area contributed by atoms with E-state index in [2.05, 4.69) is 10.0 Å². The zero-order valence-corrected chi connectivity index (χ0v) is 12.2. The van der Waals surface area contributed by atoms with Gasteiger partial charge in [0.1, 0.15) is 0 Å². The zero-order valence-electron chi connectivity index (χ0n) is 10.6. The maximum Gasteiger partial charge on any atom is 0.279 e. The molecule has 17 heavy (non-hydrogen) atoms. The summed E-state index contributed by atoms with van der Waals surface area (Å²) in [4.78, 5) is 0. The summed E-state index contributed by atoms with van der Waals surface area (Å²) in [6.07, 6.45) is 2.58. The quantitative estimate of drug-likeness (QED) is 0.725. The molecule has 104 valence electrons. The highest BCUT2D eigenvalue weighted by molar-refractivity contribution is 7.87. The Morgan fingerprint density at radius 1 is 1.35 bits per heavy atom. The molecule has 0 aromatic heterocycles. The molecule has 1 unspecified atom stereocenters. The molecule has 1 aliphatic heterocycles. The largest absolute Gasteiger partial charge is 0.315 e. The van der Waals surface area contributed by atoms with Crippen LogP contribution in [-0.4, -0.2) is 44.9 Å². The van der Waals surface area contributed by atoms with Gasteiger partial charge < -0.3 is 5.32 Å². The van der Waals surface area contributed by atoms with Gasteiger partial charge in [-0.25, -0.2) is 4.72 Å². The van der Waals surface area contributed by atoms with Crippen molar-refractivity contribution in [1.82, 2.24) is 14.3 Å². The first kappa shape index (κ1) is 17.1. The Labute approximate surface area is 111 Å². The fourth-order valence-corrected chi connectivity index (χ4v) is 3.54. The minimum absolute atomic E-state index is 0. The molecular formula is C10H24ClN3O2S. The second-order valence-corrected chi connectivity index (χ2v) is 5.86. The van der Waals surface area contributed by atoms with Crippen LogP contribution in [0.3, 0.4) is 0 Å². The molecule has 7 heteroatoms. The Hall–Kier alpha value is 0.120. The molecule has 0 aromatic rings. The molecule has 0 saturated carbocycles. The Balaban J connectivity index is 0.00000256. The van der Waals surface area contributed by atoms with Crippen molar-refractivity contribution in [1.29, 1.82) is 0 Å². The summed E-state index contributed by atoms with van der Waals surface area (Å²) in [6, 6.07) is 0.120. The summed E-state index contributed by atoms with van der Waals surface area (Å²) in [6.45, 7) is 6.77. The number of nitrogens with zero attached hydrogens (tertiary/aromatic N) is 1. The van der Waals surface area contributed by atoms with E-state index in [-0.39, 0.29) is 18.4 Å². The van der Waals surface area contributed by atoms with Crippen molar-refractivity contribution in [3.8, 4) is 0 Å². The highest BCUT2D eigenvalue weighted by Crippen LogP contribution is 2.13. The minimum atomic E-state index is -3.29. The second-order valence-electron chi connectivity index (χ2n) is 4.16. The average molecular weight is 286 g/mol. The van der Waals surface area contributed by atoms with Crippen LogP contribution in [0, 0.1) is 0 Å². The lowest BCUT2D eigenvalue weighted by atomic mass is 10.2. The molecule has 5 nitrogen and oxygen atoms in total. The van der Waals surface area contributed by atoms with Crippen molar-refractivity contribution in [3.63, 3.8) is 0 Å². The number of rotatable bonds is 7. The van der Waals surface area contributed by atoms with Crippen molar-refractivity contribution in [2.75, 3.05) is 26.2 Å². The van der Waals surface area contributed by atoms with Gasteiger partial charge in [0.2, 0.25) is 0 Å². The summed E-state index contributed by atoms with van der Waals surface area (Å²) in [5, 5.41) is 3.21. The van der Waals surface area contributed by atoms with Crippen LogP contribution in [0.15, 0.2) is 0 Å². The van der Waals surface area contributed by atoms with E-state index in [1.54, 1.807) is 4.31 Å². The van der Waals surface area contributed by atoms with Crippen LogP contribution in [0.2, 0.25) is 0 Å². The Bertz CT molecular complexity index is 292. The third kappa shape index (κ3) is 5.09. The van der Waals surface area contributed by atoms with Gasteiger partial charge in [-0.2, -0.15) is 12.7 Å². The van der Waals surface area contributed by atoms with Gasteiger partial charge in [-0.3, -0.25) is 0 Å². The highest BCUT2D eigenvalue weighted by atomic mass is 35.5. The molecule has 0 spiro atoms. The number of halogens is 1. The van der Waals surface area contributed by atoms with Gasteiger partial charge in [0.15, 0.2) is 0 Å². The van der Waals surface area contributed by atoms with E-state index in [0.717, 1.165) is 32.4 Å². The van der Waals surface area contributed by atoms with Crippen LogP contribution in [0.4, 0.5) is 0 Å². The van der Waals surface area contributed by atoms with E-state index < -0.39 is 10.2 Å². The SMILES string of the molecule is CCCNS(=O)(=O)N(CCC)C1CCNC1.Cl. The van der Waals surface area contributed by atoms with Crippen LogP contribution < -0.4 is 10.0 Å². The zero-order chi connectivity index (χ0) is 12.0. The molecule has 1 atom stereocenters. The number of hydrogen-bond acceptors (Lipinski definition) is 3. The number of hydrogen-bond donors (Lipinski definition) is 2. The van der Waals surface area contributed by atoms with Gasteiger partial charge in [-0.05, 0) is 25.8 Å². The maximum atomic E-state index is 12.1. The van der Waals surface area contributed by atoms with Crippen LogP contribution in [-0.2, 0) is 10.2 Å². The van der Waals surface area contributed by atoms with Crippen LogP contribution in [0.1, 0.15) is 33.1 Å². The molecule has 1 saturated heterocycles. The lowest BCUT2D eigenvalue weighted by Gasteiger charge is -2.27. The first-order valence-electron chi connectivity index (χ1n) is 6.09. The Morgan fingerprint density at radius 2 is 2.06 bits per heavy atom. The van der Waals surface area contributed by atoms with Gasteiger partial charge in [0.25, 0.3) is 10.2 Å². The first-order valence-corrected chi connectivity index (χ1v) is 7.53. The normalized spacial score (nSPS) is 20.5. The summed E-state index contributed by atoms with van der Waals surface area (Å²) in [7, 11) is -3.29. The van der Waals surface area contributed by atoms with Crippen molar-refractivity contribution in [2.45, 2.75) is 39.2 Å². The molecular weight excluding hydrogens is 262 g/mol. The van der Waals surface area contributed by atoms with Crippen LogP contribution in [0.25, 0.3) is 0 Å². The standard InChI is InChI=1S/C10H23N3O2S.ClH/c1-3-6-12-16(14,15)13(8-4-2)10-5-7-11-9-10;/h10-12H,3-9H2,1-2H3;1H. The van der Waals surface area contributed by atoms with Gasteiger partial charge in [-0.15, -0.1) is 12.4 Å². The molecule has 0 bridgehead atoms. The van der Waals surface area contributed by atoms with Crippen molar-refractivity contribution in [3.05, 3.63) is 0 Å². The Kier molecular flexibility index (Phi) is 8.32. The Morgan fingerprint density at radius 3 is 2.53 bits per heavy atom. The predicted molar refractivity (Wildman–Crippen MR) is 72.7 cm³/mol. The molecule has 1 rings (SSSR count). The molecule has 1 fully saturated rings. The third-order valence-corrected chi connectivity index (χ3v) is 4.40. The fraction of sp³-hybridized carbons (Fsp3) is 1.00. The van der Waals surface area contributed by atoms with E-state index >= 15 is 0 Å². The summed E-state index contributed by atoms with van der Waals surface area (Å²) in [5.41, 5.74) is 0. The number of nitrogens with one attached hydrogen (secondary N) is 2. The summed E-state index contributed by atoms with van der Waals surface area (Å²) >= 11 is 0. The van der Waals surface area contributed by atoms with E-state index in [1.807, 2.05) is 13.8 Å². The van der Waals surface area contributed by atoms with Crippen molar-refractivity contribution >= 4 is 22.6 Å².